The highest BCUT2D eigenvalue weighted by Gasteiger charge is 2.48. The van der Waals surface area contributed by atoms with E-state index in [1.165, 1.54) is 10.6 Å². The van der Waals surface area contributed by atoms with Crippen LogP contribution in [0.5, 0.6) is 0 Å². The molecule has 1 spiro atoms. The van der Waals surface area contributed by atoms with Crippen LogP contribution in [0.25, 0.3) is 6.08 Å². The predicted octanol–water partition coefficient (Wildman–Crippen LogP) is 2.85. The van der Waals surface area contributed by atoms with Crippen LogP contribution in [0, 0.1) is 0 Å². The van der Waals surface area contributed by atoms with Crippen LogP contribution in [0.3, 0.4) is 0 Å². The van der Waals surface area contributed by atoms with E-state index in [-0.39, 0.29) is 0 Å². The lowest BCUT2D eigenvalue weighted by Gasteiger charge is -2.27. The third kappa shape index (κ3) is 2.39. The van der Waals surface area contributed by atoms with E-state index < -0.39 is 15.6 Å². The fourth-order valence-corrected chi connectivity index (χ4v) is 4.31. The van der Waals surface area contributed by atoms with E-state index in [0.717, 1.165) is 22.5 Å². The van der Waals surface area contributed by atoms with Gasteiger partial charge in [-0.05, 0) is 37.1 Å². The minimum atomic E-state index is -3.31. The maximum atomic E-state index is 12.2. The Hall–Kier alpha value is -1.88. The van der Waals surface area contributed by atoms with Crippen LogP contribution < -0.4 is 0 Å². The normalized spacial score (nSPS) is 26.7. The van der Waals surface area contributed by atoms with Crippen molar-refractivity contribution in [3.8, 4) is 0 Å². The monoisotopic (exact) mass is 316 g/mol. The predicted molar refractivity (Wildman–Crippen MR) is 90.2 cm³/mol. The number of rotatable bonds is 2. The van der Waals surface area contributed by atoms with Crippen LogP contribution in [0.4, 0.5) is 0 Å². The summed E-state index contributed by atoms with van der Waals surface area (Å²) in [6, 6.07) is 9.80. The molecule has 0 bridgehead atoms. The van der Waals surface area contributed by atoms with E-state index in [9.17, 15) is 8.42 Å². The average Bonchev–Trinajstić information content (AvgIpc) is 2.93. The molecule has 3 rings (SSSR count). The molecule has 0 saturated carbocycles. The lowest BCUT2D eigenvalue weighted by Crippen LogP contribution is -2.32. The summed E-state index contributed by atoms with van der Waals surface area (Å²) in [6.07, 6.45) is 5.95. The third-order valence-corrected chi connectivity index (χ3v) is 5.50. The number of hydrogen-bond donors (Lipinski definition) is 0. The van der Waals surface area contributed by atoms with Gasteiger partial charge in [-0.15, -0.1) is 0 Å². The Morgan fingerprint density at radius 3 is 2.45 bits per heavy atom. The quantitative estimate of drug-likeness (QED) is 0.842. The molecule has 2 aliphatic rings. The number of nitrogens with zero attached hydrogens (tertiary/aromatic N) is 2. The van der Waals surface area contributed by atoms with Crippen molar-refractivity contribution in [3.05, 3.63) is 53.2 Å². The highest BCUT2D eigenvalue weighted by atomic mass is 32.2. The summed E-state index contributed by atoms with van der Waals surface area (Å²) in [5, 5.41) is 0. The van der Waals surface area contributed by atoms with Crippen LogP contribution in [0.15, 0.2) is 52.7 Å². The summed E-state index contributed by atoms with van der Waals surface area (Å²) in [5.41, 5.74) is 3.28. The first kappa shape index (κ1) is 15.0. The summed E-state index contributed by atoms with van der Waals surface area (Å²) in [5.74, 6) is 0. The topological polar surface area (TPSA) is 49.7 Å². The SMILES string of the molecule is CC1=CC(C)=N[C@@]12CCN(S(C)(=O)=O)/C2=C/c1ccccc1. The van der Waals surface area contributed by atoms with Gasteiger partial charge in [-0.2, -0.15) is 0 Å². The first-order valence-electron chi connectivity index (χ1n) is 7.33. The largest absolute Gasteiger partial charge is 0.273 e. The van der Waals surface area contributed by atoms with Crippen LogP contribution in [-0.2, 0) is 10.0 Å². The molecule has 0 amide bonds. The van der Waals surface area contributed by atoms with E-state index in [0.29, 0.717) is 13.0 Å². The fraction of sp³-hybridized carbons (Fsp3) is 0.353. The molecular formula is C17H20N2O2S. The lowest BCUT2D eigenvalue weighted by molar-refractivity contribution is 0.515. The van der Waals surface area contributed by atoms with E-state index in [2.05, 4.69) is 0 Å². The highest BCUT2D eigenvalue weighted by molar-refractivity contribution is 7.88. The van der Waals surface area contributed by atoms with Gasteiger partial charge >= 0.3 is 0 Å². The molecule has 0 aliphatic carbocycles. The molecule has 0 N–H and O–H groups in total. The maximum absolute atomic E-state index is 12.2. The Balaban J connectivity index is 2.18. The summed E-state index contributed by atoms with van der Waals surface area (Å²) >= 11 is 0. The number of benzene rings is 1. The summed E-state index contributed by atoms with van der Waals surface area (Å²) in [4.78, 5) is 4.79. The van der Waals surface area contributed by atoms with Gasteiger partial charge in [0.05, 0.1) is 12.0 Å². The van der Waals surface area contributed by atoms with Crippen molar-refractivity contribution in [1.29, 1.82) is 0 Å². The molecule has 1 atom stereocenters. The average molecular weight is 316 g/mol. The molecule has 0 unspecified atom stereocenters. The van der Waals surface area contributed by atoms with Gasteiger partial charge < -0.3 is 0 Å². The van der Waals surface area contributed by atoms with Gasteiger partial charge in [0, 0.05) is 18.7 Å². The van der Waals surface area contributed by atoms with Crippen molar-refractivity contribution in [2.45, 2.75) is 25.8 Å². The number of hydrogen-bond acceptors (Lipinski definition) is 3. The van der Waals surface area contributed by atoms with Crippen molar-refractivity contribution in [2.24, 2.45) is 4.99 Å². The summed E-state index contributed by atoms with van der Waals surface area (Å²) < 4.78 is 25.9. The molecule has 1 saturated heterocycles. The van der Waals surface area contributed by atoms with Crippen LogP contribution in [0.2, 0.25) is 0 Å². The second-order valence-corrected chi connectivity index (χ2v) is 7.87. The lowest BCUT2D eigenvalue weighted by atomic mass is 9.88. The first-order valence-corrected chi connectivity index (χ1v) is 9.18. The second-order valence-electron chi connectivity index (χ2n) is 5.97. The zero-order chi connectivity index (χ0) is 16.0. The molecular weight excluding hydrogens is 296 g/mol. The Morgan fingerprint density at radius 2 is 1.91 bits per heavy atom. The van der Waals surface area contributed by atoms with Crippen LogP contribution >= 0.6 is 0 Å². The third-order valence-electron chi connectivity index (χ3n) is 4.32. The van der Waals surface area contributed by atoms with Gasteiger partial charge in [-0.3, -0.25) is 9.30 Å². The first-order chi connectivity index (χ1) is 10.3. The van der Waals surface area contributed by atoms with E-state index in [4.69, 9.17) is 4.99 Å². The molecule has 22 heavy (non-hydrogen) atoms. The van der Waals surface area contributed by atoms with Crippen LogP contribution in [0.1, 0.15) is 25.8 Å². The van der Waals surface area contributed by atoms with Gasteiger partial charge in [-0.25, -0.2) is 8.42 Å². The van der Waals surface area contributed by atoms with Crippen molar-refractivity contribution < 1.29 is 8.42 Å². The van der Waals surface area contributed by atoms with Crippen molar-refractivity contribution in [3.63, 3.8) is 0 Å². The van der Waals surface area contributed by atoms with Crippen molar-refractivity contribution >= 4 is 21.8 Å². The number of allylic oxidation sites excluding steroid dienone is 1. The zero-order valence-corrected chi connectivity index (χ0v) is 13.9. The second kappa shape index (κ2) is 5.09. The molecule has 2 heterocycles. The molecule has 4 nitrogen and oxygen atoms in total. The van der Waals surface area contributed by atoms with Gasteiger partial charge in [-0.1, -0.05) is 30.3 Å². The van der Waals surface area contributed by atoms with Crippen molar-refractivity contribution in [2.75, 3.05) is 12.8 Å². The molecule has 0 radical (unpaired) electrons. The molecule has 1 aromatic rings. The standard InChI is InChI=1S/C17H20N2O2S/c1-13-11-14(2)18-17(13)9-10-19(22(3,20)21)16(17)12-15-7-5-4-6-8-15/h4-8,11-12H,9-10H2,1-3H3/b16-12+/t17-/m0/s1. The molecule has 2 aliphatic heterocycles. The minimum Gasteiger partial charge on any atom is -0.273 e. The molecule has 1 fully saturated rings. The van der Waals surface area contributed by atoms with Gasteiger partial charge in [0.1, 0.15) is 5.54 Å². The Kier molecular flexibility index (Phi) is 3.48. The Bertz CT molecular complexity index is 791. The van der Waals surface area contributed by atoms with Gasteiger partial charge in [0.25, 0.3) is 0 Å². The number of sulfonamides is 1. The van der Waals surface area contributed by atoms with Crippen molar-refractivity contribution in [1.82, 2.24) is 4.31 Å². The molecule has 5 heteroatoms. The Morgan fingerprint density at radius 1 is 1.23 bits per heavy atom. The smallest absolute Gasteiger partial charge is 0.232 e. The molecule has 1 aromatic carbocycles. The van der Waals surface area contributed by atoms with E-state index in [1.54, 1.807) is 0 Å². The summed E-state index contributed by atoms with van der Waals surface area (Å²) in [6.45, 7) is 4.46. The fourth-order valence-electron chi connectivity index (χ4n) is 3.33. The summed E-state index contributed by atoms with van der Waals surface area (Å²) in [7, 11) is -3.31. The maximum Gasteiger partial charge on any atom is 0.232 e. The number of aliphatic imine (C=N–C) groups is 1. The van der Waals surface area contributed by atoms with E-state index >= 15 is 0 Å². The minimum absolute atomic E-state index is 0.472. The van der Waals surface area contributed by atoms with Gasteiger partial charge in [0.15, 0.2) is 0 Å². The van der Waals surface area contributed by atoms with Crippen LogP contribution in [-0.4, -0.2) is 36.8 Å². The van der Waals surface area contributed by atoms with Gasteiger partial charge in [0.2, 0.25) is 10.0 Å². The Labute approximate surface area is 131 Å². The van der Waals surface area contributed by atoms with E-state index in [1.807, 2.05) is 56.3 Å². The molecule has 0 aromatic heterocycles. The highest BCUT2D eigenvalue weighted by Crippen LogP contribution is 2.45. The zero-order valence-electron chi connectivity index (χ0n) is 13.1. The molecule has 116 valence electrons.